The van der Waals surface area contributed by atoms with Gasteiger partial charge < -0.3 is 15.0 Å². The molecule has 148 valence electrons. The first-order valence-electron chi connectivity index (χ1n) is 9.43. The molecule has 1 saturated heterocycles. The number of amides is 2. The van der Waals surface area contributed by atoms with Crippen LogP contribution in [0.5, 0.6) is 5.75 Å². The predicted octanol–water partition coefficient (Wildman–Crippen LogP) is 4.06. The Balaban J connectivity index is 1.48. The highest BCUT2D eigenvalue weighted by atomic mass is 32.1. The van der Waals surface area contributed by atoms with Gasteiger partial charge in [-0.25, -0.2) is 4.98 Å². The molecule has 0 radical (unpaired) electrons. The van der Waals surface area contributed by atoms with Gasteiger partial charge in [0.15, 0.2) is 5.13 Å². The second kappa shape index (κ2) is 8.45. The smallest absolute Gasteiger partial charge is 0.254 e. The highest BCUT2D eigenvalue weighted by Gasteiger charge is 2.34. The number of ether oxygens (including phenoxy) is 1. The number of carbonyl (C=O) groups excluding carboxylic acids is 2. The summed E-state index contributed by atoms with van der Waals surface area (Å²) in [5.74, 6) is 0.413. The summed E-state index contributed by atoms with van der Waals surface area (Å²) in [6, 6.07) is 16.2. The zero-order valence-electron chi connectivity index (χ0n) is 16.0. The van der Waals surface area contributed by atoms with E-state index >= 15 is 0 Å². The normalized spacial score (nSPS) is 15.9. The monoisotopic (exact) mass is 407 g/mol. The SMILES string of the molecule is COc1ccccc1-c1csc(NC(=O)C2CCCN2C(=O)c2ccccc2)n1. The molecule has 1 aromatic heterocycles. The standard InChI is InChI=1S/C22H21N3O3S/c1-28-19-12-6-5-10-16(19)17-14-29-22(23-17)24-20(26)18-11-7-13-25(18)21(27)15-8-3-2-4-9-15/h2-6,8-10,12,14,18H,7,11,13H2,1H3,(H,23,24,26). The number of benzene rings is 2. The van der Waals surface area contributed by atoms with E-state index in [1.807, 2.05) is 47.8 Å². The molecule has 29 heavy (non-hydrogen) atoms. The number of likely N-dealkylation sites (tertiary alicyclic amines) is 1. The third-order valence-corrected chi connectivity index (χ3v) is 5.71. The average molecular weight is 407 g/mol. The van der Waals surface area contributed by atoms with Crippen molar-refractivity contribution in [2.75, 3.05) is 19.0 Å². The van der Waals surface area contributed by atoms with E-state index in [4.69, 9.17) is 4.74 Å². The Labute approximate surface area is 173 Å². The van der Waals surface area contributed by atoms with Crippen LogP contribution in [0.25, 0.3) is 11.3 Å². The fraction of sp³-hybridized carbons (Fsp3) is 0.227. The van der Waals surface area contributed by atoms with Gasteiger partial charge in [-0.15, -0.1) is 11.3 Å². The van der Waals surface area contributed by atoms with E-state index in [0.717, 1.165) is 23.4 Å². The van der Waals surface area contributed by atoms with E-state index in [1.165, 1.54) is 11.3 Å². The summed E-state index contributed by atoms with van der Waals surface area (Å²) >= 11 is 1.35. The van der Waals surface area contributed by atoms with Crippen LogP contribution in [0.2, 0.25) is 0 Å². The molecule has 1 unspecified atom stereocenters. The molecule has 4 rings (SSSR count). The molecule has 7 heteroatoms. The molecule has 1 N–H and O–H groups in total. The quantitative estimate of drug-likeness (QED) is 0.692. The number of rotatable bonds is 5. The summed E-state index contributed by atoms with van der Waals surface area (Å²) in [6.07, 6.45) is 1.45. The Morgan fingerprint density at radius 3 is 2.69 bits per heavy atom. The van der Waals surface area contributed by atoms with Crippen LogP contribution in [0.1, 0.15) is 23.2 Å². The molecule has 1 fully saturated rings. The van der Waals surface area contributed by atoms with E-state index in [9.17, 15) is 9.59 Å². The summed E-state index contributed by atoms with van der Waals surface area (Å²) in [5.41, 5.74) is 2.21. The Morgan fingerprint density at radius 2 is 1.90 bits per heavy atom. The number of nitrogens with zero attached hydrogens (tertiary/aromatic N) is 2. The molecular weight excluding hydrogens is 386 g/mol. The van der Waals surface area contributed by atoms with Gasteiger partial charge in [-0.05, 0) is 37.1 Å². The second-order valence-electron chi connectivity index (χ2n) is 6.75. The van der Waals surface area contributed by atoms with Crippen molar-refractivity contribution in [3.63, 3.8) is 0 Å². The van der Waals surface area contributed by atoms with E-state index in [1.54, 1.807) is 24.1 Å². The maximum absolute atomic E-state index is 12.9. The second-order valence-corrected chi connectivity index (χ2v) is 7.61. The zero-order valence-corrected chi connectivity index (χ0v) is 16.8. The number of carbonyl (C=O) groups is 2. The average Bonchev–Trinajstić information content (AvgIpc) is 3.43. The van der Waals surface area contributed by atoms with Crippen LogP contribution < -0.4 is 10.1 Å². The molecule has 1 aliphatic rings. The van der Waals surface area contributed by atoms with Gasteiger partial charge in [-0.2, -0.15) is 0 Å². The van der Waals surface area contributed by atoms with Gasteiger partial charge in [-0.3, -0.25) is 9.59 Å². The van der Waals surface area contributed by atoms with Gasteiger partial charge in [0.05, 0.1) is 12.8 Å². The summed E-state index contributed by atoms with van der Waals surface area (Å²) in [6.45, 7) is 0.580. The fourth-order valence-electron chi connectivity index (χ4n) is 3.53. The molecule has 0 bridgehead atoms. The van der Waals surface area contributed by atoms with Gasteiger partial charge in [0.1, 0.15) is 11.8 Å². The third kappa shape index (κ3) is 4.00. The van der Waals surface area contributed by atoms with E-state index in [0.29, 0.717) is 23.7 Å². The molecule has 2 aromatic carbocycles. The van der Waals surface area contributed by atoms with Gasteiger partial charge in [-0.1, -0.05) is 30.3 Å². The minimum absolute atomic E-state index is 0.114. The summed E-state index contributed by atoms with van der Waals surface area (Å²) in [4.78, 5) is 31.8. The predicted molar refractivity (Wildman–Crippen MR) is 113 cm³/mol. The fourth-order valence-corrected chi connectivity index (χ4v) is 4.24. The van der Waals surface area contributed by atoms with Crippen LogP contribution in [-0.4, -0.2) is 41.4 Å². The number of nitrogens with one attached hydrogen (secondary N) is 1. The summed E-state index contributed by atoms with van der Waals surface area (Å²) < 4.78 is 5.39. The first-order chi connectivity index (χ1) is 14.2. The molecule has 3 aromatic rings. The van der Waals surface area contributed by atoms with Crippen LogP contribution in [0.15, 0.2) is 60.0 Å². The van der Waals surface area contributed by atoms with Crippen molar-refractivity contribution in [3.8, 4) is 17.0 Å². The van der Waals surface area contributed by atoms with Gasteiger partial charge >= 0.3 is 0 Å². The number of hydrogen-bond acceptors (Lipinski definition) is 5. The van der Waals surface area contributed by atoms with Crippen LogP contribution in [-0.2, 0) is 4.79 Å². The molecule has 2 amide bonds. The maximum atomic E-state index is 12.9. The Hall–Kier alpha value is -3.19. The topological polar surface area (TPSA) is 71.5 Å². The Kier molecular flexibility index (Phi) is 5.57. The minimum atomic E-state index is -0.485. The lowest BCUT2D eigenvalue weighted by molar-refractivity contribution is -0.119. The van der Waals surface area contributed by atoms with Crippen molar-refractivity contribution in [2.24, 2.45) is 0 Å². The Bertz CT molecular complexity index is 1020. The van der Waals surface area contributed by atoms with Gasteiger partial charge in [0, 0.05) is 23.1 Å². The molecule has 1 aliphatic heterocycles. The summed E-state index contributed by atoms with van der Waals surface area (Å²) in [7, 11) is 1.62. The van der Waals surface area contributed by atoms with Crippen molar-refractivity contribution >= 4 is 28.3 Å². The number of para-hydroxylation sites is 1. The van der Waals surface area contributed by atoms with Crippen LogP contribution in [0, 0.1) is 0 Å². The van der Waals surface area contributed by atoms with Gasteiger partial charge in [0.25, 0.3) is 5.91 Å². The first-order valence-corrected chi connectivity index (χ1v) is 10.3. The van der Waals surface area contributed by atoms with Crippen LogP contribution in [0.3, 0.4) is 0 Å². The summed E-state index contributed by atoms with van der Waals surface area (Å²) in [5, 5.41) is 5.27. The number of aromatic nitrogens is 1. The minimum Gasteiger partial charge on any atom is -0.496 e. The van der Waals surface area contributed by atoms with Crippen molar-refractivity contribution in [1.82, 2.24) is 9.88 Å². The highest BCUT2D eigenvalue weighted by Crippen LogP contribution is 2.32. The lowest BCUT2D eigenvalue weighted by atomic mass is 10.1. The van der Waals surface area contributed by atoms with Crippen molar-refractivity contribution < 1.29 is 14.3 Å². The lowest BCUT2D eigenvalue weighted by Gasteiger charge is -2.23. The molecular formula is C22H21N3O3S. The third-order valence-electron chi connectivity index (χ3n) is 4.95. The van der Waals surface area contributed by atoms with Crippen molar-refractivity contribution in [2.45, 2.75) is 18.9 Å². The van der Waals surface area contributed by atoms with E-state index in [2.05, 4.69) is 10.3 Å². The molecule has 6 nitrogen and oxygen atoms in total. The molecule has 0 saturated carbocycles. The number of methoxy groups -OCH3 is 1. The first kappa shape index (κ1) is 19.1. The van der Waals surface area contributed by atoms with Gasteiger partial charge in [0.2, 0.25) is 5.91 Å². The number of hydrogen-bond donors (Lipinski definition) is 1. The number of thiazole rings is 1. The van der Waals surface area contributed by atoms with E-state index < -0.39 is 6.04 Å². The number of anilines is 1. The molecule has 1 atom stereocenters. The molecule has 0 spiro atoms. The van der Waals surface area contributed by atoms with Crippen LogP contribution in [0.4, 0.5) is 5.13 Å². The molecule has 0 aliphatic carbocycles. The van der Waals surface area contributed by atoms with Crippen molar-refractivity contribution in [1.29, 1.82) is 0 Å². The Morgan fingerprint density at radius 1 is 1.14 bits per heavy atom. The largest absolute Gasteiger partial charge is 0.496 e. The van der Waals surface area contributed by atoms with Crippen molar-refractivity contribution in [3.05, 3.63) is 65.5 Å². The lowest BCUT2D eigenvalue weighted by Crippen LogP contribution is -2.43. The zero-order chi connectivity index (χ0) is 20.2. The molecule has 2 heterocycles. The highest BCUT2D eigenvalue weighted by molar-refractivity contribution is 7.14. The maximum Gasteiger partial charge on any atom is 0.254 e. The van der Waals surface area contributed by atoms with Crippen LogP contribution >= 0.6 is 11.3 Å². The van der Waals surface area contributed by atoms with E-state index in [-0.39, 0.29) is 11.8 Å².